The summed E-state index contributed by atoms with van der Waals surface area (Å²) in [5.41, 5.74) is 2.26. The summed E-state index contributed by atoms with van der Waals surface area (Å²) in [6.07, 6.45) is 4.28. The summed E-state index contributed by atoms with van der Waals surface area (Å²) < 4.78 is 8.18. The quantitative estimate of drug-likeness (QED) is 0.937. The highest BCUT2D eigenvalue weighted by atomic mass is 35.5. The smallest absolute Gasteiger partial charge is 0.147 e. The van der Waals surface area contributed by atoms with Crippen molar-refractivity contribution >= 4 is 11.6 Å². The fraction of sp³-hybridized carbons (Fsp3) is 0.529. The maximum absolute atomic E-state index is 6.27. The molecule has 1 aromatic carbocycles. The van der Waals surface area contributed by atoms with Crippen LogP contribution in [0, 0.1) is 6.92 Å². The predicted molar refractivity (Wildman–Crippen MR) is 88.8 cm³/mol. The molecule has 0 amide bonds. The van der Waals surface area contributed by atoms with Crippen LogP contribution in [-0.4, -0.2) is 21.4 Å². The first-order chi connectivity index (χ1) is 11.2. The van der Waals surface area contributed by atoms with Gasteiger partial charge in [-0.2, -0.15) is 0 Å². The van der Waals surface area contributed by atoms with Crippen LogP contribution >= 0.6 is 11.6 Å². The van der Waals surface area contributed by atoms with E-state index < -0.39 is 0 Å². The van der Waals surface area contributed by atoms with Crippen LogP contribution in [-0.2, 0) is 19.5 Å². The first kappa shape index (κ1) is 15.0. The minimum atomic E-state index is 0.235. The molecule has 2 aliphatic rings. The molecule has 4 rings (SSSR count). The van der Waals surface area contributed by atoms with E-state index in [9.17, 15) is 0 Å². The largest absolute Gasteiger partial charge is 0.493 e. The zero-order valence-corrected chi connectivity index (χ0v) is 14.1. The van der Waals surface area contributed by atoms with Crippen molar-refractivity contribution in [3.63, 3.8) is 0 Å². The van der Waals surface area contributed by atoms with Crippen LogP contribution in [0.3, 0.4) is 0 Å². The maximum atomic E-state index is 6.27. The summed E-state index contributed by atoms with van der Waals surface area (Å²) in [4.78, 5) is 0. The summed E-state index contributed by atoms with van der Waals surface area (Å²) in [6, 6.07) is 4.23. The van der Waals surface area contributed by atoms with Gasteiger partial charge in [-0.25, -0.2) is 0 Å². The number of halogens is 1. The van der Waals surface area contributed by atoms with Crippen molar-refractivity contribution in [2.75, 3.05) is 6.61 Å². The van der Waals surface area contributed by atoms with Crippen molar-refractivity contribution in [2.45, 2.75) is 51.7 Å². The Hall–Kier alpha value is -1.59. The van der Waals surface area contributed by atoms with E-state index in [1.54, 1.807) is 0 Å². The van der Waals surface area contributed by atoms with Crippen molar-refractivity contribution in [1.82, 2.24) is 20.1 Å². The third-order valence-electron chi connectivity index (χ3n) is 4.72. The minimum Gasteiger partial charge on any atom is -0.493 e. The number of aryl methyl sites for hydroxylation is 2. The molecule has 0 bridgehead atoms. The van der Waals surface area contributed by atoms with Gasteiger partial charge in [-0.3, -0.25) is 0 Å². The predicted octanol–water partition coefficient (Wildman–Crippen LogP) is 3.19. The second-order valence-corrected chi connectivity index (χ2v) is 6.79. The fourth-order valence-electron chi connectivity index (χ4n) is 3.60. The monoisotopic (exact) mass is 332 g/mol. The van der Waals surface area contributed by atoms with Crippen LogP contribution in [0.15, 0.2) is 12.1 Å². The number of rotatable bonds is 3. The summed E-state index contributed by atoms with van der Waals surface area (Å²) >= 11 is 6.27. The van der Waals surface area contributed by atoms with Crippen LogP contribution in [0.5, 0.6) is 5.75 Å². The van der Waals surface area contributed by atoms with Gasteiger partial charge in [0.1, 0.15) is 17.4 Å². The van der Waals surface area contributed by atoms with Gasteiger partial charge in [0.2, 0.25) is 0 Å². The van der Waals surface area contributed by atoms with Gasteiger partial charge in [0, 0.05) is 29.6 Å². The zero-order valence-electron chi connectivity index (χ0n) is 13.3. The summed E-state index contributed by atoms with van der Waals surface area (Å²) in [5.74, 6) is 3.13. The third-order valence-corrected chi connectivity index (χ3v) is 4.94. The lowest BCUT2D eigenvalue weighted by molar-refractivity contribution is 0.313. The highest BCUT2D eigenvalue weighted by Crippen LogP contribution is 2.36. The molecule has 6 heteroatoms. The number of hydrogen-bond acceptors (Lipinski definition) is 4. The van der Waals surface area contributed by atoms with E-state index in [0.29, 0.717) is 0 Å². The molecule has 0 radical (unpaired) electrons. The molecule has 122 valence electrons. The molecule has 23 heavy (non-hydrogen) atoms. The van der Waals surface area contributed by atoms with Crippen LogP contribution in [0.25, 0.3) is 0 Å². The number of ether oxygens (including phenoxy) is 1. The van der Waals surface area contributed by atoms with E-state index in [4.69, 9.17) is 16.3 Å². The number of benzene rings is 1. The molecular formula is C17H21ClN4O. The number of nitrogens with zero attached hydrogens (tertiary/aromatic N) is 3. The molecule has 0 fully saturated rings. The SMILES string of the molecule is Cc1cc(Cl)cc2c1OCCCC2NCc1nnc2n1CCC2. The van der Waals surface area contributed by atoms with Crippen LogP contribution in [0.4, 0.5) is 0 Å². The van der Waals surface area contributed by atoms with Crippen LogP contribution in [0.1, 0.15) is 48.1 Å². The second kappa shape index (κ2) is 6.13. The maximum Gasteiger partial charge on any atom is 0.147 e. The molecule has 0 saturated heterocycles. The van der Waals surface area contributed by atoms with Gasteiger partial charge in [-0.1, -0.05) is 11.6 Å². The summed E-state index contributed by atoms with van der Waals surface area (Å²) in [6.45, 7) is 4.57. The lowest BCUT2D eigenvalue weighted by atomic mass is 10.00. The first-order valence-corrected chi connectivity index (χ1v) is 8.67. The topological polar surface area (TPSA) is 52.0 Å². The van der Waals surface area contributed by atoms with Crippen molar-refractivity contribution < 1.29 is 4.74 Å². The molecular weight excluding hydrogens is 312 g/mol. The summed E-state index contributed by atoms with van der Waals surface area (Å²) in [7, 11) is 0. The fourth-order valence-corrected chi connectivity index (χ4v) is 3.88. The molecule has 1 N–H and O–H groups in total. The van der Waals surface area contributed by atoms with Gasteiger partial charge in [-0.15, -0.1) is 10.2 Å². The van der Waals surface area contributed by atoms with Crippen LogP contribution in [0.2, 0.25) is 5.02 Å². The van der Waals surface area contributed by atoms with E-state index >= 15 is 0 Å². The molecule has 1 atom stereocenters. The van der Waals surface area contributed by atoms with Crippen molar-refractivity contribution in [2.24, 2.45) is 0 Å². The normalized spacial score (nSPS) is 19.8. The highest BCUT2D eigenvalue weighted by molar-refractivity contribution is 6.30. The second-order valence-electron chi connectivity index (χ2n) is 6.35. The van der Waals surface area contributed by atoms with Crippen molar-refractivity contribution in [3.8, 4) is 5.75 Å². The average Bonchev–Trinajstić information content (AvgIpc) is 3.06. The Labute approximate surface area is 141 Å². The van der Waals surface area contributed by atoms with E-state index in [1.165, 1.54) is 6.42 Å². The Balaban J connectivity index is 1.57. The Morgan fingerprint density at radius 3 is 3.17 bits per heavy atom. The Kier molecular flexibility index (Phi) is 3.99. The standard InChI is InChI=1S/C17H21ClN4O/c1-11-8-12(18)9-13-14(4-3-7-23-17(11)13)19-10-16-21-20-15-5-2-6-22(15)16/h8-9,14,19H,2-7,10H2,1H3. The van der Waals surface area contributed by atoms with Crippen LogP contribution < -0.4 is 10.1 Å². The first-order valence-electron chi connectivity index (χ1n) is 8.29. The molecule has 3 heterocycles. The molecule has 1 unspecified atom stereocenters. The molecule has 5 nitrogen and oxygen atoms in total. The zero-order chi connectivity index (χ0) is 15.8. The van der Waals surface area contributed by atoms with Gasteiger partial charge < -0.3 is 14.6 Å². The van der Waals surface area contributed by atoms with Gasteiger partial charge in [0.25, 0.3) is 0 Å². The summed E-state index contributed by atoms with van der Waals surface area (Å²) in [5, 5.41) is 13.0. The number of nitrogens with one attached hydrogen (secondary N) is 1. The molecule has 1 aromatic heterocycles. The van der Waals surface area contributed by atoms with E-state index in [2.05, 4.69) is 27.0 Å². The molecule has 2 aromatic rings. The number of aromatic nitrogens is 3. The lowest BCUT2D eigenvalue weighted by Crippen LogP contribution is -2.22. The third kappa shape index (κ3) is 2.83. The van der Waals surface area contributed by atoms with E-state index in [1.807, 2.05) is 12.1 Å². The minimum absolute atomic E-state index is 0.235. The van der Waals surface area contributed by atoms with Crippen molar-refractivity contribution in [1.29, 1.82) is 0 Å². The van der Waals surface area contributed by atoms with Gasteiger partial charge >= 0.3 is 0 Å². The number of fused-ring (bicyclic) bond motifs is 2. The van der Waals surface area contributed by atoms with E-state index in [-0.39, 0.29) is 6.04 Å². The van der Waals surface area contributed by atoms with E-state index in [0.717, 1.165) is 72.5 Å². The molecule has 0 aliphatic carbocycles. The van der Waals surface area contributed by atoms with Gasteiger partial charge in [-0.05, 0) is 43.9 Å². The van der Waals surface area contributed by atoms with Gasteiger partial charge in [0.05, 0.1) is 13.2 Å². The Morgan fingerprint density at radius 2 is 2.26 bits per heavy atom. The Bertz CT molecular complexity index is 728. The Morgan fingerprint density at radius 1 is 1.35 bits per heavy atom. The lowest BCUT2D eigenvalue weighted by Gasteiger charge is -2.20. The van der Waals surface area contributed by atoms with Crippen molar-refractivity contribution in [3.05, 3.63) is 39.9 Å². The molecule has 2 aliphatic heterocycles. The molecule has 0 saturated carbocycles. The number of hydrogen-bond donors (Lipinski definition) is 1. The molecule has 0 spiro atoms. The average molecular weight is 333 g/mol. The van der Waals surface area contributed by atoms with Gasteiger partial charge in [0.15, 0.2) is 0 Å². The highest BCUT2D eigenvalue weighted by Gasteiger charge is 2.23.